The average Bonchev–Trinajstić information content (AvgIpc) is 3.25. The highest BCUT2D eigenvalue weighted by atomic mass is 32.2. The van der Waals surface area contributed by atoms with Gasteiger partial charge in [0, 0.05) is 18.8 Å². The Kier molecular flexibility index (Phi) is 7.17. The maximum absolute atomic E-state index is 12.6. The van der Waals surface area contributed by atoms with Crippen LogP contribution in [0.3, 0.4) is 0 Å². The summed E-state index contributed by atoms with van der Waals surface area (Å²) >= 11 is 0. The topological polar surface area (TPSA) is 103 Å². The molecule has 0 spiro atoms. The Bertz CT molecular complexity index is 969. The molecule has 0 bridgehead atoms. The molecular weight excluding hydrogens is 408 g/mol. The number of methoxy groups -OCH3 is 1. The monoisotopic (exact) mass is 434 g/mol. The van der Waals surface area contributed by atoms with Crippen LogP contribution >= 0.6 is 0 Å². The maximum atomic E-state index is 12.6. The predicted molar refractivity (Wildman–Crippen MR) is 112 cm³/mol. The van der Waals surface area contributed by atoms with Crippen molar-refractivity contribution in [2.45, 2.75) is 30.8 Å². The summed E-state index contributed by atoms with van der Waals surface area (Å²) in [7, 11) is -2.22. The van der Waals surface area contributed by atoms with E-state index in [1.54, 1.807) is 44.4 Å². The van der Waals surface area contributed by atoms with Crippen molar-refractivity contribution in [1.82, 2.24) is 5.32 Å². The molecule has 2 N–H and O–H groups in total. The molecule has 30 heavy (non-hydrogen) atoms. The number of benzene rings is 2. The van der Waals surface area contributed by atoms with Crippen LogP contribution in [-0.2, 0) is 19.6 Å². The Morgan fingerprint density at radius 3 is 2.60 bits per heavy atom. The first-order chi connectivity index (χ1) is 14.4. The van der Waals surface area contributed by atoms with Gasteiger partial charge in [0.05, 0.1) is 18.1 Å². The van der Waals surface area contributed by atoms with Crippen molar-refractivity contribution in [1.29, 1.82) is 0 Å². The van der Waals surface area contributed by atoms with Crippen molar-refractivity contribution >= 4 is 21.6 Å². The number of aryl methyl sites for hydroxylation is 1. The van der Waals surface area contributed by atoms with E-state index in [9.17, 15) is 13.2 Å². The zero-order valence-electron chi connectivity index (χ0n) is 17.0. The van der Waals surface area contributed by atoms with Gasteiger partial charge in [0.1, 0.15) is 11.5 Å². The summed E-state index contributed by atoms with van der Waals surface area (Å²) in [5.74, 6) is 0.837. The Morgan fingerprint density at radius 1 is 1.20 bits per heavy atom. The smallest absolute Gasteiger partial charge is 0.261 e. The maximum Gasteiger partial charge on any atom is 0.261 e. The molecule has 0 unspecified atom stereocenters. The molecule has 1 saturated heterocycles. The largest absolute Gasteiger partial charge is 0.497 e. The van der Waals surface area contributed by atoms with Crippen LogP contribution in [0.15, 0.2) is 47.4 Å². The van der Waals surface area contributed by atoms with E-state index in [0.717, 1.165) is 19.4 Å². The van der Waals surface area contributed by atoms with Crippen LogP contribution in [0, 0.1) is 6.92 Å². The van der Waals surface area contributed by atoms with Crippen molar-refractivity contribution in [3.05, 3.63) is 48.0 Å². The number of rotatable bonds is 9. The van der Waals surface area contributed by atoms with Gasteiger partial charge in [-0.3, -0.25) is 9.52 Å². The lowest BCUT2D eigenvalue weighted by Crippen LogP contribution is -2.35. The number of ether oxygens (including phenoxy) is 3. The first-order valence-electron chi connectivity index (χ1n) is 9.66. The summed E-state index contributed by atoms with van der Waals surface area (Å²) < 4.78 is 43.9. The van der Waals surface area contributed by atoms with Crippen molar-refractivity contribution in [2.24, 2.45) is 0 Å². The van der Waals surface area contributed by atoms with Gasteiger partial charge >= 0.3 is 0 Å². The van der Waals surface area contributed by atoms with Crippen LogP contribution in [0.5, 0.6) is 11.5 Å². The van der Waals surface area contributed by atoms with E-state index in [0.29, 0.717) is 29.3 Å². The Balaban J connectivity index is 1.57. The summed E-state index contributed by atoms with van der Waals surface area (Å²) in [6, 6.07) is 11.1. The molecule has 1 atom stereocenters. The molecule has 0 saturated carbocycles. The summed E-state index contributed by atoms with van der Waals surface area (Å²) in [6.07, 6.45) is 2.03. The van der Waals surface area contributed by atoms with Gasteiger partial charge < -0.3 is 19.5 Å². The highest BCUT2D eigenvalue weighted by Crippen LogP contribution is 2.24. The average molecular weight is 435 g/mol. The Morgan fingerprint density at radius 2 is 1.97 bits per heavy atom. The van der Waals surface area contributed by atoms with Crippen LogP contribution < -0.4 is 19.5 Å². The molecule has 3 rings (SSSR count). The third kappa shape index (κ3) is 5.87. The lowest BCUT2D eigenvalue weighted by Gasteiger charge is -2.13. The highest BCUT2D eigenvalue weighted by Gasteiger charge is 2.18. The van der Waals surface area contributed by atoms with Gasteiger partial charge in [0.15, 0.2) is 6.61 Å². The third-order valence-corrected chi connectivity index (χ3v) is 6.09. The van der Waals surface area contributed by atoms with E-state index < -0.39 is 10.0 Å². The quantitative estimate of drug-likeness (QED) is 0.629. The van der Waals surface area contributed by atoms with Crippen molar-refractivity contribution in [2.75, 3.05) is 31.6 Å². The number of carbonyl (C=O) groups excluding carboxylic acids is 1. The van der Waals surface area contributed by atoms with Crippen LogP contribution in [0.1, 0.15) is 18.4 Å². The fourth-order valence-electron chi connectivity index (χ4n) is 3.05. The van der Waals surface area contributed by atoms with E-state index >= 15 is 0 Å². The first-order valence-corrected chi connectivity index (χ1v) is 11.1. The van der Waals surface area contributed by atoms with Gasteiger partial charge in [-0.2, -0.15) is 0 Å². The van der Waals surface area contributed by atoms with E-state index in [1.165, 1.54) is 12.1 Å². The minimum absolute atomic E-state index is 0.0679. The number of carbonyl (C=O) groups is 1. The van der Waals surface area contributed by atoms with E-state index in [2.05, 4.69) is 10.0 Å². The fraction of sp³-hybridized carbons (Fsp3) is 0.381. The molecule has 0 radical (unpaired) electrons. The summed E-state index contributed by atoms with van der Waals surface area (Å²) in [5.41, 5.74) is 1.04. The van der Waals surface area contributed by atoms with E-state index in [4.69, 9.17) is 14.2 Å². The molecule has 8 nitrogen and oxygen atoms in total. The molecule has 2 aromatic carbocycles. The van der Waals surface area contributed by atoms with Gasteiger partial charge in [0.25, 0.3) is 15.9 Å². The second-order valence-electron chi connectivity index (χ2n) is 6.99. The third-order valence-electron chi connectivity index (χ3n) is 4.71. The van der Waals surface area contributed by atoms with Crippen molar-refractivity contribution in [3.63, 3.8) is 0 Å². The predicted octanol–water partition coefficient (Wildman–Crippen LogP) is 2.48. The zero-order chi connectivity index (χ0) is 21.6. The number of nitrogens with one attached hydrogen (secondary N) is 2. The molecule has 1 fully saturated rings. The fourth-order valence-corrected chi connectivity index (χ4v) is 4.19. The Hall–Kier alpha value is -2.78. The van der Waals surface area contributed by atoms with Crippen LogP contribution in [0.2, 0.25) is 0 Å². The van der Waals surface area contributed by atoms with Gasteiger partial charge in [-0.05, 0) is 67.8 Å². The molecule has 1 aliphatic heterocycles. The number of hydrogen-bond donors (Lipinski definition) is 2. The van der Waals surface area contributed by atoms with Gasteiger partial charge in [-0.1, -0.05) is 0 Å². The summed E-state index contributed by atoms with van der Waals surface area (Å²) in [6.45, 7) is 2.78. The molecule has 1 amide bonds. The summed E-state index contributed by atoms with van der Waals surface area (Å²) in [4.78, 5) is 12.1. The van der Waals surface area contributed by atoms with Gasteiger partial charge in [-0.25, -0.2) is 8.42 Å². The van der Waals surface area contributed by atoms with Gasteiger partial charge in [-0.15, -0.1) is 0 Å². The molecular formula is C21H26N2O6S. The SMILES string of the molecule is COc1ccc(NS(=O)(=O)c2ccc(OCC(=O)NC[C@@H]3CCCO3)c(C)c2)cc1. The number of amides is 1. The molecule has 2 aromatic rings. The van der Waals surface area contributed by atoms with Gasteiger partial charge in [0.2, 0.25) is 0 Å². The first kappa shape index (κ1) is 21.9. The van der Waals surface area contributed by atoms with E-state index in [-0.39, 0.29) is 23.5 Å². The van der Waals surface area contributed by atoms with Crippen molar-refractivity contribution in [3.8, 4) is 11.5 Å². The lowest BCUT2D eigenvalue weighted by molar-refractivity contribution is -0.123. The summed E-state index contributed by atoms with van der Waals surface area (Å²) in [5, 5.41) is 2.78. The van der Waals surface area contributed by atoms with Crippen LogP contribution in [-0.4, -0.2) is 47.3 Å². The van der Waals surface area contributed by atoms with Crippen LogP contribution in [0.25, 0.3) is 0 Å². The van der Waals surface area contributed by atoms with Crippen LogP contribution in [0.4, 0.5) is 5.69 Å². The second-order valence-corrected chi connectivity index (χ2v) is 8.67. The minimum atomic E-state index is -3.76. The minimum Gasteiger partial charge on any atom is -0.497 e. The Labute approximate surface area is 176 Å². The number of anilines is 1. The molecule has 0 aromatic heterocycles. The molecule has 9 heteroatoms. The lowest BCUT2D eigenvalue weighted by atomic mass is 10.2. The zero-order valence-corrected chi connectivity index (χ0v) is 17.8. The molecule has 1 aliphatic rings. The molecule has 0 aliphatic carbocycles. The van der Waals surface area contributed by atoms with Crippen molar-refractivity contribution < 1.29 is 27.4 Å². The number of hydrogen-bond acceptors (Lipinski definition) is 6. The van der Waals surface area contributed by atoms with E-state index in [1.807, 2.05) is 0 Å². The molecule has 1 heterocycles. The number of sulfonamides is 1. The standard InChI is InChI=1S/C21H26N2O6S/c1-15-12-19(30(25,26)23-16-5-7-17(27-2)8-6-16)9-10-20(15)29-14-21(24)22-13-18-4-3-11-28-18/h5-10,12,18,23H,3-4,11,13-14H2,1-2H3,(H,22,24)/t18-/m0/s1. The second kappa shape index (κ2) is 9.82. The molecule has 162 valence electrons. The highest BCUT2D eigenvalue weighted by molar-refractivity contribution is 7.92. The normalized spacial score (nSPS) is 16.1.